The molecule has 0 unspecified atom stereocenters. The molecule has 1 aromatic heterocycles. The Morgan fingerprint density at radius 3 is 2.19 bits per heavy atom. The van der Waals surface area contributed by atoms with E-state index in [2.05, 4.69) is 4.98 Å². The molecule has 0 saturated heterocycles. The smallest absolute Gasteiger partial charge is 0.383 e. The summed E-state index contributed by atoms with van der Waals surface area (Å²) >= 11 is 1.30. The molecular weight excluding hydrogens is 237 g/mol. The lowest BCUT2D eigenvalue weighted by molar-refractivity contribution is -0.137. The van der Waals surface area contributed by atoms with E-state index in [1.165, 1.54) is 23.5 Å². The summed E-state index contributed by atoms with van der Waals surface area (Å²) in [6.45, 7) is 0. The average Bonchev–Trinajstić information content (AvgIpc) is 2.64. The zero-order chi connectivity index (χ0) is 11.8. The minimum absolute atomic E-state index is 0.375. The van der Waals surface area contributed by atoms with Gasteiger partial charge in [0.2, 0.25) is 0 Å². The van der Waals surface area contributed by atoms with Gasteiger partial charge < -0.3 is 5.73 Å². The van der Waals surface area contributed by atoms with E-state index in [0.717, 1.165) is 12.1 Å². The first-order valence-corrected chi connectivity index (χ1v) is 5.23. The van der Waals surface area contributed by atoms with E-state index in [9.17, 15) is 13.2 Å². The molecule has 0 saturated carbocycles. The van der Waals surface area contributed by atoms with Crippen LogP contribution in [0.5, 0.6) is 0 Å². The number of halogens is 3. The van der Waals surface area contributed by atoms with E-state index in [0.29, 0.717) is 16.4 Å². The minimum Gasteiger partial charge on any atom is -0.383 e. The zero-order valence-corrected chi connectivity index (χ0v) is 8.77. The highest BCUT2D eigenvalue weighted by Crippen LogP contribution is 2.31. The summed E-state index contributed by atoms with van der Waals surface area (Å²) in [6.07, 6.45) is -4.31. The van der Waals surface area contributed by atoms with E-state index in [4.69, 9.17) is 5.73 Å². The fourth-order valence-corrected chi connectivity index (χ4v) is 1.94. The summed E-state index contributed by atoms with van der Waals surface area (Å²) in [4.78, 5) is 3.99. The maximum atomic E-state index is 12.3. The molecule has 2 rings (SSSR count). The molecule has 1 aromatic carbocycles. The number of thiazole rings is 1. The summed E-state index contributed by atoms with van der Waals surface area (Å²) in [6, 6.07) is 4.85. The monoisotopic (exact) mass is 244 g/mol. The van der Waals surface area contributed by atoms with Gasteiger partial charge in [0.05, 0.1) is 5.56 Å². The van der Waals surface area contributed by atoms with Gasteiger partial charge in [0, 0.05) is 10.9 Å². The zero-order valence-electron chi connectivity index (χ0n) is 7.95. The molecule has 2 N–H and O–H groups in total. The summed E-state index contributed by atoms with van der Waals surface area (Å²) in [7, 11) is 0. The van der Waals surface area contributed by atoms with E-state index in [-0.39, 0.29) is 0 Å². The van der Waals surface area contributed by atoms with Crippen molar-refractivity contribution in [1.82, 2.24) is 4.98 Å². The second-order valence-electron chi connectivity index (χ2n) is 3.15. The molecule has 1 heterocycles. The van der Waals surface area contributed by atoms with Crippen molar-refractivity contribution in [2.75, 3.05) is 5.73 Å². The number of hydrogen-bond acceptors (Lipinski definition) is 3. The molecule has 0 aliphatic heterocycles. The van der Waals surface area contributed by atoms with Crippen LogP contribution in [0.2, 0.25) is 0 Å². The lowest BCUT2D eigenvalue weighted by Gasteiger charge is -2.06. The normalized spacial score (nSPS) is 11.7. The van der Waals surface area contributed by atoms with E-state index < -0.39 is 11.7 Å². The largest absolute Gasteiger partial charge is 0.416 e. The third-order valence-corrected chi connectivity index (χ3v) is 2.89. The van der Waals surface area contributed by atoms with Gasteiger partial charge in [-0.25, -0.2) is 4.98 Å². The molecule has 0 aliphatic carbocycles. The number of nitrogens with zero attached hydrogens (tertiary/aromatic N) is 1. The summed E-state index contributed by atoms with van der Waals surface area (Å²) in [5.41, 5.74) is 5.40. The number of nitrogen functional groups attached to an aromatic ring is 1. The number of aromatic nitrogens is 1. The van der Waals surface area contributed by atoms with Gasteiger partial charge in [0.25, 0.3) is 0 Å². The number of rotatable bonds is 1. The first kappa shape index (κ1) is 10.9. The Balaban J connectivity index is 2.33. The first-order chi connectivity index (χ1) is 7.47. The molecular formula is C10H7F3N2S. The van der Waals surface area contributed by atoms with Crippen LogP contribution in [-0.4, -0.2) is 4.98 Å². The maximum absolute atomic E-state index is 12.3. The predicted octanol–water partition coefficient (Wildman–Crippen LogP) is 3.41. The van der Waals surface area contributed by atoms with Gasteiger partial charge in [-0.3, -0.25) is 0 Å². The second-order valence-corrected chi connectivity index (χ2v) is 4.01. The highest BCUT2D eigenvalue weighted by Gasteiger charge is 2.30. The standard InChI is InChI=1S/C10H7F3N2S/c11-10(12,13)7-3-1-6(2-4-7)9-15-8(14)5-16-9/h1-5H,14H2. The fraction of sp³-hybridized carbons (Fsp3) is 0.100. The predicted molar refractivity (Wildman–Crippen MR) is 57.0 cm³/mol. The first-order valence-electron chi connectivity index (χ1n) is 4.35. The Hall–Kier alpha value is -1.56. The third-order valence-electron chi connectivity index (χ3n) is 1.98. The van der Waals surface area contributed by atoms with Crippen LogP contribution in [0.3, 0.4) is 0 Å². The summed E-state index contributed by atoms with van der Waals surface area (Å²) in [5, 5.41) is 2.26. The molecule has 0 aliphatic rings. The molecule has 0 amide bonds. The number of hydrogen-bond donors (Lipinski definition) is 1. The quantitative estimate of drug-likeness (QED) is 0.834. The van der Waals surface area contributed by atoms with Crippen LogP contribution in [0.25, 0.3) is 10.6 Å². The van der Waals surface area contributed by atoms with Crippen molar-refractivity contribution in [1.29, 1.82) is 0 Å². The van der Waals surface area contributed by atoms with Gasteiger partial charge in [0.1, 0.15) is 10.8 Å². The topological polar surface area (TPSA) is 38.9 Å². The molecule has 0 bridgehead atoms. The molecule has 84 valence electrons. The summed E-state index contributed by atoms with van der Waals surface area (Å²) in [5.74, 6) is 0.375. The molecule has 2 nitrogen and oxygen atoms in total. The van der Waals surface area contributed by atoms with E-state index in [1.807, 2.05) is 0 Å². The molecule has 2 aromatic rings. The number of anilines is 1. The summed E-state index contributed by atoms with van der Waals surface area (Å²) < 4.78 is 36.9. The molecule has 16 heavy (non-hydrogen) atoms. The van der Waals surface area contributed by atoms with Crippen LogP contribution in [0.1, 0.15) is 5.56 Å². The number of alkyl halides is 3. The van der Waals surface area contributed by atoms with Gasteiger partial charge in [-0.15, -0.1) is 11.3 Å². The highest BCUT2D eigenvalue weighted by molar-refractivity contribution is 7.13. The van der Waals surface area contributed by atoms with Gasteiger partial charge in [-0.05, 0) is 12.1 Å². The van der Waals surface area contributed by atoms with Crippen LogP contribution >= 0.6 is 11.3 Å². The molecule has 0 fully saturated rings. The second kappa shape index (κ2) is 3.79. The van der Waals surface area contributed by atoms with Gasteiger partial charge >= 0.3 is 6.18 Å². The number of benzene rings is 1. The fourth-order valence-electron chi connectivity index (χ4n) is 1.22. The third kappa shape index (κ3) is 2.16. The van der Waals surface area contributed by atoms with Crippen molar-refractivity contribution in [3.05, 3.63) is 35.2 Å². The van der Waals surface area contributed by atoms with Crippen molar-refractivity contribution < 1.29 is 13.2 Å². The molecule has 0 atom stereocenters. The van der Waals surface area contributed by atoms with Gasteiger partial charge in [-0.2, -0.15) is 13.2 Å². The Kier molecular flexibility index (Phi) is 2.59. The number of nitrogens with two attached hydrogens (primary N) is 1. The van der Waals surface area contributed by atoms with Crippen LogP contribution < -0.4 is 5.73 Å². The maximum Gasteiger partial charge on any atom is 0.416 e. The Bertz CT molecular complexity index is 488. The van der Waals surface area contributed by atoms with Crippen molar-refractivity contribution in [2.24, 2.45) is 0 Å². The van der Waals surface area contributed by atoms with Crippen molar-refractivity contribution in [3.63, 3.8) is 0 Å². The highest BCUT2D eigenvalue weighted by atomic mass is 32.1. The van der Waals surface area contributed by atoms with Crippen LogP contribution in [0, 0.1) is 0 Å². The van der Waals surface area contributed by atoms with Gasteiger partial charge in [-0.1, -0.05) is 12.1 Å². The van der Waals surface area contributed by atoms with Crippen molar-refractivity contribution in [2.45, 2.75) is 6.18 Å². The Labute approximate surface area is 93.5 Å². The minimum atomic E-state index is -4.31. The van der Waals surface area contributed by atoms with Crippen LogP contribution in [0.4, 0.5) is 19.0 Å². The molecule has 0 radical (unpaired) electrons. The van der Waals surface area contributed by atoms with Crippen LogP contribution in [0.15, 0.2) is 29.6 Å². The van der Waals surface area contributed by atoms with Crippen LogP contribution in [-0.2, 0) is 6.18 Å². The Morgan fingerprint density at radius 2 is 1.75 bits per heavy atom. The van der Waals surface area contributed by atoms with E-state index >= 15 is 0 Å². The SMILES string of the molecule is Nc1csc(-c2ccc(C(F)(F)F)cc2)n1. The lowest BCUT2D eigenvalue weighted by Crippen LogP contribution is -2.03. The average molecular weight is 244 g/mol. The molecule has 6 heteroatoms. The van der Waals surface area contributed by atoms with Crippen molar-refractivity contribution >= 4 is 17.2 Å². The van der Waals surface area contributed by atoms with Gasteiger partial charge in [0.15, 0.2) is 0 Å². The van der Waals surface area contributed by atoms with E-state index in [1.54, 1.807) is 5.38 Å². The molecule has 0 spiro atoms. The van der Waals surface area contributed by atoms with Crippen molar-refractivity contribution in [3.8, 4) is 10.6 Å². The Morgan fingerprint density at radius 1 is 1.12 bits per heavy atom. The lowest BCUT2D eigenvalue weighted by atomic mass is 10.1.